The topological polar surface area (TPSA) is 131 Å². The van der Waals surface area contributed by atoms with Crippen molar-refractivity contribution in [3.8, 4) is 0 Å². The van der Waals surface area contributed by atoms with Crippen LogP contribution >= 0.6 is 15.9 Å². The van der Waals surface area contributed by atoms with Crippen LogP contribution in [0.5, 0.6) is 0 Å². The third-order valence-corrected chi connectivity index (χ3v) is 3.33. The van der Waals surface area contributed by atoms with E-state index >= 15 is 0 Å². The molecule has 1 aromatic heterocycles. The first-order valence-corrected chi connectivity index (χ1v) is 5.97. The van der Waals surface area contributed by atoms with Gasteiger partial charge in [-0.25, -0.2) is 4.79 Å². The minimum Gasteiger partial charge on any atom is -0.387 e. The molecule has 2 rings (SSSR count). The molecule has 4 atom stereocenters. The zero-order valence-corrected chi connectivity index (χ0v) is 10.7. The van der Waals surface area contributed by atoms with Crippen molar-refractivity contribution in [1.29, 1.82) is 0 Å². The maximum Gasteiger partial charge on any atom is 0.330 e. The van der Waals surface area contributed by atoms with Crippen molar-refractivity contribution in [3.05, 3.63) is 31.5 Å². The molecular formula is C9H12BrN3O5. The summed E-state index contributed by atoms with van der Waals surface area (Å²) in [6.45, 7) is 0.00794. The van der Waals surface area contributed by atoms with E-state index in [0.29, 0.717) is 0 Å². The molecule has 0 amide bonds. The van der Waals surface area contributed by atoms with Gasteiger partial charge in [-0.1, -0.05) is 0 Å². The summed E-state index contributed by atoms with van der Waals surface area (Å²) < 4.78 is 6.40. The van der Waals surface area contributed by atoms with Crippen LogP contribution in [0, 0.1) is 0 Å². The molecule has 0 bridgehead atoms. The number of nitrogens with zero attached hydrogens (tertiary/aromatic N) is 1. The molecule has 2 heterocycles. The summed E-state index contributed by atoms with van der Waals surface area (Å²) in [6.07, 6.45) is -3.14. The fourth-order valence-corrected chi connectivity index (χ4v) is 2.12. The van der Waals surface area contributed by atoms with Crippen LogP contribution in [0.2, 0.25) is 0 Å². The van der Waals surface area contributed by atoms with E-state index in [1.165, 1.54) is 6.20 Å². The number of ether oxygens (including phenoxy) is 1. The summed E-state index contributed by atoms with van der Waals surface area (Å²) in [5, 5.41) is 19.4. The molecule has 0 aliphatic carbocycles. The average molecular weight is 322 g/mol. The summed E-state index contributed by atoms with van der Waals surface area (Å²) in [4.78, 5) is 24.8. The van der Waals surface area contributed by atoms with Crippen molar-refractivity contribution in [3.63, 3.8) is 0 Å². The van der Waals surface area contributed by atoms with Gasteiger partial charge >= 0.3 is 5.69 Å². The van der Waals surface area contributed by atoms with Gasteiger partial charge in [-0.05, 0) is 15.9 Å². The molecule has 0 aromatic carbocycles. The molecular weight excluding hydrogens is 310 g/mol. The molecule has 8 nitrogen and oxygen atoms in total. The monoisotopic (exact) mass is 321 g/mol. The molecule has 1 aliphatic heterocycles. The van der Waals surface area contributed by atoms with E-state index in [2.05, 4.69) is 20.9 Å². The first-order valence-electron chi connectivity index (χ1n) is 5.18. The van der Waals surface area contributed by atoms with Gasteiger partial charge in [-0.3, -0.25) is 14.3 Å². The van der Waals surface area contributed by atoms with E-state index < -0.39 is 35.8 Å². The number of nitrogens with one attached hydrogen (secondary N) is 1. The molecule has 5 N–H and O–H groups in total. The van der Waals surface area contributed by atoms with E-state index in [1.54, 1.807) is 0 Å². The lowest BCUT2D eigenvalue weighted by molar-refractivity contribution is -0.0373. The molecule has 0 radical (unpaired) electrons. The molecule has 0 saturated carbocycles. The highest BCUT2D eigenvalue weighted by molar-refractivity contribution is 9.10. The molecule has 1 fully saturated rings. The third kappa shape index (κ3) is 2.15. The fraction of sp³-hybridized carbons (Fsp3) is 0.556. The number of nitrogens with two attached hydrogens (primary N) is 1. The van der Waals surface area contributed by atoms with Gasteiger partial charge in [-0.15, -0.1) is 0 Å². The Hall–Kier alpha value is -1.00. The lowest BCUT2D eigenvalue weighted by Crippen LogP contribution is -2.38. The van der Waals surface area contributed by atoms with Gasteiger partial charge in [-0.2, -0.15) is 0 Å². The van der Waals surface area contributed by atoms with Gasteiger partial charge in [0, 0.05) is 12.7 Å². The minimum absolute atomic E-state index is 0.00794. The summed E-state index contributed by atoms with van der Waals surface area (Å²) in [5.74, 6) is 0. The smallest absolute Gasteiger partial charge is 0.330 e. The van der Waals surface area contributed by atoms with E-state index in [9.17, 15) is 19.8 Å². The van der Waals surface area contributed by atoms with Crippen molar-refractivity contribution < 1.29 is 14.9 Å². The Balaban J connectivity index is 2.42. The second-order valence-electron chi connectivity index (χ2n) is 3.93. The predicted octanol–water partition coefficient (Wildman–Crippen LogP) is -2.12. The lowest BCUT2D eigenvalue weighted by Gasteiger charge is -2.17. The van der Waals surface area contributed by atoms with Crippen molar-refractivity contribution in [2.75, 3.05) is 6.54 Å². The zero-order chi connectivity index (χ0) is 13.4. The Bertz CT molecular complexity index is 556. The lowest BCUT2D eigenvalue weighted by atomic mass is 10.1. The summed E-state index contributed by atoms with van der Waals surface area (Å²) in [6, 6.07) is 0. The van der Waals surface area contributed by atoms with Crippen molar-refractivity contribution >= 4 is 15.9 Å². The van der Waals surface area contributed by atoms with Crippen LogP contribution in [0.4, 0.5) is 0 Å². The Labute approximate surface area is 109 Å². The highest BCUT2D eigenvalue weighted by Gasteiger charge is 2.43. The van der Waals surface area contributed by atoms with Crippen LogP contribution < -0.4 is 17.0 Å². The van der Waals surface area contributed by atoms with E-state index in [0.717, 1.165) is 4.57 Å². The zero-order valence-electron chi connectivity index (χ0n) is 9.12. The highest BCUT2D eigenvalue weighted by atomic mass is 79.9. The molecule has 0 spiro atoms. The van der Waals surface area contributed by atoms with Crippen LogP contribution in [0.15, 0.2) is 20.3 Å². The number of hydrogen-bond donors (Lipinski definition) is 4. The minimum atomic E-state index is -1.30. The normalized spacial score (nSPS) is 31.8. The standard InChI is InChI=1S/C9H12BrN3O5/c10-3-2-13(9(17)12-7(3)16)8-6(15)5(14)4(1-11)18-8/h2,4-6,8,14-15H,1,11H2,(H,12,16,17)/t4-,5-,6+,8-/m1/s1. The largest absolute Gasteiger partial charge is 0.387 e. The maximum atomic E-state index is 11.6. The maximum absolute atomic E-state index is 11.6. The predicted molar refractivity (Wildman–Crippen MR) is 64.0 cm³/mol. The number of aliphatic hydroxyl groups excluding tert-OH is 2. The van der Waals surface area contributed by atoms with Gasteiger partial charge in [0.2, 0.25) is 0 Å². The number of rotatable bonds is 2. The summed E-state index contributed by atoms with van der Waals surface area (Å²) in [5.41, 5.74) is 4.05. The SMILES string of the molecule is NC[C@H]1O[C@@H](n2cc(Br)c(=O)[nH]c2=O)[C@@H](O)[C@@H]1O. The van der Waals surface area contributed by atoms with Gasteiger partial charge in [0.15, 0.2) is 6.23 Å². The molecule has 18 heavy (non-hydrogen) atoms. The van der Waals surface area contributed by atoms with E-state index in [4.69, 9.17) is 10.5 Å². The molecule has 1 saturated heterocycles. The number of aliphatic hydroxyl groups is 2. The van der Waals surface area contributed by atoms with E-state index in [1.807, 2.05) is 0 Å². The number of halogens is 1. The number of aromatic amines is 1. The summed E-state index contributed by atoms with van der Waals surface area (Å²) >= 11 is 2.97. The first kappa shape index (κ1) is 13.4. The van der Waals surface area contributed by atoms with Crippen LogP contribution in [0.1, 0.15) is 6.23 Å². The van der Waals surface area contributed by atoms with Crippen molar-refractivity contribution in [2.24, 2.45) is 5.73 Å². The van der Waals surface area contributed by atoms with Crippen LogP contribution in [-0.4, -0.2) is 44.6 Å². The van der Waals surface area contributed by atoms with Gasteiger partial charge in [0.25, 0.3) is 5.56 Å². The first-order chi connectivity index (χ1) is 8.45. The van der Waals surface area contributed by atoms with E-state index in [-0.39, 0.29) is 11.0 Å². The van der Waals surface area contributed by atoms with Crippen LogP contribution in [0.3, 0.4) is 0 Å². The second kappa shape index (κ2) is 4.94. The van der Waals surface area contributed by atoms with Gasteiger partial charge < -0.3 is 20.7 Å². The molecule has 1 aliphatic rings. The van der Waals surface area contributed by atoms with Crippen LogP contribution in [-0.2, 0) is 4.74 Å². The molecule has 1 aromatic rings. The quantitative estimate of drug-likeness (QED) is 0.492. The molecule has 0 unspecified atom stereocenters. The Morgan fingerprint density at radius 2 is 2.11 bits per heavy atom. The molecule has 9 heteroatoms. The Kier molecular flexibility index (Phi) is 3.69. The number of hydrogen-bond acceptors (Lipinski definition) is 6. The third-order valence-electron chi connectivity index (χ3n) is 2.77. The van der Waals surface area contributed by atoms with Crippen molar-refractivity contribution in [2.45, 2.75) is 24.5 Å². The number of aromatic nitrogens is 2. The fourth-order valence-electron chi connectivity index (χ4n) is 1.80. The molecule has 100 valence electrons. The van der Waals surface area contributed by atoms with Gasteiger partial charge in [0.05, 0.1) is 4.47 Å². The Morgan fingerprint density at radius 1 is 1.44 bits per heavy atom. The summed E-state index contributed by atoms with van der Waals surface area (Å²) in [7, 11) is 0. The Morgan fingerprint density at radius 3 is 2.67 bits per heavy atom. The second-order valence-corrected chi connectivity index (χ2v) is 4.78. The van der Waals surface area contributed by atoms with Crippen molar-refractivity contribution in [1.82, 2.24) is 9.55 Å². The van der Waals surface area contributed by atoms with Gasteiger partial charge in [0.1, 0.15) is 18.3 Å². The average Bonchev–Trinajstić information content (AvgIpc) is 2.61. The van der Waals surface area contributed by atoms with Crippen LogP contribution in [0.25, 0.3) is 0 Å². The highest BCUT2D eigenvalue weighted by Crippen LogP contribution is 2.27. The number of H-pyrrole nitrogens is 1.